The normalized spacial score (nSPS) is 34.5. The SMILES string of the molecule is O=C(O)CCC/C=C\C[C@@H]1[C@@H](CO)[C@@H]2CC[C@H]1O2. The number of aliphatic carboxylic acids is 1. The van der Waals surface area contributed by atoms with Gasteiger partial charge in [0.15, 0.2) is 0 Å². The number of hydrogen-bond acceptors (Lipinski definition) is 3. The molecule has 0 aromatic rings. The molecule has 0 amide bonds. The quantitative estimate of drug-likeness (QED) is 0.538. The van der Waals surface area contributed by atoms with Crippen LogP contribution in [0.1, 0.15) is 38.5 Å². The third-order valence-corrected chi connectivity index (χ3v) is 4.14. The Bertz CT molecular complexity index is 313. The molecule has 18 heavy (non-hydrogen) atoms. The highest BCUT2D eigenvalue weighted by Crippen LogP contribution is 2.44. The molecule has 2 saturated heterocycles. The molecule has 2 aliphatic rings. The number of carboxylic acid groups (broad SMARTS) is 1. The summed E-state index contributed by atoms with van der Waals surface area (Å²) < 4.78 is 5.83. The number of aliphatic hydroxyl groups excluding tert-OH is 1. The fourth-order valence-corrected chi connectivity index (χ4v) is 3.19. The van der Waals surface area contributed by atoms with E-state index in [1.54, 1.807) is 0 Å². The molecule has 2 aliphatic heterocycles. The highest BCUT2D eigenvalue weighted by atomic mass is 16.5. The third-order valence-electron chi connectivity index (χ3n) is 4.14. The van der Waals surface area contributed by atoms with Crippen LogP contribution in [0.3, 0.4) is 0 Å². The number of allylic oxidation sites excluding steroid dienone is 2. The van der Waals surface area contributed by atoms with Crippen LogP contribution in [-0.2, 0) is 9.53 Å². The van der Waals surface area contributed by atoms with Gasteiger partial charge in [0, 0.05) is 18.9 Å². The molecule has 0 spiro atoms. The lowest BCUT2D eigenvalue weighted by molar-refractivity contribution is -0.137. The highest BCUT2D eigenvalue weighted by Gasteiger charge is 2.47. The molecule has 4 nitrogen and oxygen atoms in total. The van der Waals surface area contributed by atoms with Gasteiger partial charge in [-0.3, -0.25) is 4.79 Å². The molecule has 2 N–H and O–H groups in total. The molecule has 2 rings (SSSR count). The lowest BCUT2D eigenvalue weighted by atomic mass is 9.78. The van der Waals surface area contributed by atoms with Crippen molar-refractivity contribution < 1.29 is 19.7 Å². The molecule has 2 heterocycles. The summed E-state index contributed by atoms with van der Waals surface area (Å²) in [6.45, 7) is 0.221. The fraction of sp³-hybridized carbons (Fsp3) is 0.786. The maximum absolute atomic E-state index is 10.3. The average Bonchev–Trinajstić information content (AvgIpc) is 2.93. The van der Waals surface area contributed by atoms with E-state index in [1.807, 2.05) is 0 Å². The zero-order valence-corrected chi connectivity index (χ0v) is 10.6. The number of carbonyl (C=O) groups is 1. The van der Waals surface area contributed by atoms with Crippen LogP contribution in [0.15, 0.2) is 12.2 Å². The number of fused-ring (bicyclic) bond motifs is 2. The van der Waals surface area contributed by atoms with Gasteiger partial charge in [-0.2, -0.15) is 0 Å². The van der Waals surface area contributed by atoms with E-state index >= 15 is 0 Å². The van der Waals surface area contributed by atoms with Gasteiger partial charge in [-0.05, 0) is 38.0 Å². The van der Waals surface area contributed by atoms with E-state index in [2.05, 4.69) is 12.2 Å². The van der Waals surface area contributed by atoms with Gasteiger partial charge in [0.05, 0.1) is 12.2 Å². The number of hydrogen-bond donors (Lipinski definition) is 2. The number of carboxylic acids is 1. The Hall–Kier alpha value is -0.870. The van der Waals surface area contributed by atoms with Crippen molar-refractivity contribution in [1.82, 2.24) is 0 Å². The Kier molecular flexibility index (Phi) is 4.78. The van der Waals surface area contributed by atoms with Crippen LogP contribution in [0.2, 0.25) is 0 Å². The predicted molar refractivity (Wildman–Crippen MR) is 67.2 cm³/mol. The molecule has 0 aromatic heterocycles. The summed E-state index contributed by atoms with van der Waals surface area (Å²) >= 11 is 0. The van der Waals surface area contributed by atoms with E-state index in [0.717, 1.165) is 25.7 Å². The summed E-state index contributed by atoms with van der Waals surface area (Å²) in [5.74, 6) is 0.0159. The molecular formula is C14H22O4. The van der Waals surface area contributed by atoms with Gasteiger partial charge < -0.3 is 14.9 Å². The van der Waals surface area contributed by atoms with Gasteiger partial charge in [-0.1, -0.05) is 12.2 Å². The molecule has 0 unspecified atom stereocenters. The van der Waals surface area contributed by atoms with Gasteiger partial charge in [0.2, 0.25) is 0 Å². The monoisotopic (exact) mass is 254 g/mol. The number of rotatable bonds is 7. The van der Waals surface area contributed by atoms with Crippen molar-refractivity contribution in [2.45, 2.75) is 50.7 Å². The third kappa shape index (κ3) is 3.12. The molecule has 0 radical (unpaired) electrons. The topological polar surface area (TPSA) is 66.8 Å². The zero-order valence-electron chi connectivity index (χ0n) is 10.6. The van der Waals surface area contributed by atoms with Crippen molar-refractivity contribution in [3.05, 3.63) is 12.2 Å². The van der Waals surface area contributed by atoms with Crippen LogP contribution in [0.4, 0.5) is 0 Å². The first-order valence-electron chi connectivity index (χ1n) is 6.85. The average molecular weight is 254 g/mol. The molecule has 0 saturated carbocycles. The lowest BCUT2D eigenvalue weighted by Crippen LogP contribution is -2.29. The highest BCUT2D eigenvalue weighted by molar-refractivity contribution is 5.66. The van der Waals surface area contributed by atoms with Crippen molar-refractivity contribution in [1.29, 1.82) is 0 Å². The Morgan fingerprint density at radius 2 is 1.94 bits per heavy atom. The molecule has 0 aromatic carbocycles. The second kappa shape index (κ2) is 6.34. The van der Waals surface area contributed by atoms with E-state index in [9.17, 15) is 9.90 Å². The molecule has 102 valence electrons. The van der Waals surface area contributed by atoms with Crippen LogP contribution in [-0.4, -0.2) is 35.0 Å². The molecule has 4 atom stereocenters. The second-order valence-corrected chi connectivity index (χ2v) is 5.29. The Morgan fingerprint density at radius 1 is 1.22 bits per heavy atom. The van der Waals surface area contributed by atoms with Crippen LogP contribution in [0, 0.1) is 11.8 Å². The van der Waals surface area contributed by atoms with Crippen molar-refractivity contribution >= 4 is 5.97 Å². The fourth-order valence-electron chi connectivity index (χ4n) is 3.19. The number of unbranched alkanes of at least 4 members (excludes halogenated alkanes) is 1. The van der Waals surface area contributed by atoms with E-state index in [1.165, 1.54) is 0 Å². The van der Waals surface area contributed by atoms with Gasteiger partial charge in [0.1, 0.15) is 0 Å². The first-order valence-corrected chi connectivity index (χ1v) is 6.85. The van der Waals surface area contributed by atoms with E-state index in [-0.39, 0.29) is 19.1 Å². The largest absolute Gasteiger partial charge is 0.481 e. The Morgan fingerprint density at radius 3 is 2.61 bits per heavy atom. The van der Waals surface area contributed by atoms with Gasteiger partial charge >= 0.3 is 5.97 Å². The van der Waals surface area contributed by atoms with Gasteiger partial charge in [-0.25, -0.2) is 0 Å². The van der Waals surface area contributed by atoms with Crippen molar-refractivity contribution in [2.75, 3.05) is 6.61 Å². The maximum Gasteiger partial charge on any atom is 0.303 e. The van der Waals surface area contributed by atoms with E-state index in [4.69, 9.17) is 9.84 Å². The van der Waals surface area contributed by atoms with Gasteiger partial charge in [0.25, 0.3) is 0 Å². The first-order chi connectivity index (χ1) is 8.72. The molecular weight excluding hydrogens is 232 g/mol. The minimum absolute atomic E-state index is 0.221. The van der Waals surface area contributed by atoms with Crippen LogP contribution in [0.5, 0.6) is 0 Å². The minimum Gasteiger partial charge on any atom is -0.481 e. The Labute approximate surface area is 108 Å². The molecule has 4 heteroatoms. The number of aliphatic hydroxyl groups is 1. The molecule has 2 fully saturated rings. The first kappa shape index (κ1) is 13.6. The summed E-state index contributed by atoms with van der Waals surface area (Å²) in [4.78, 5) is 10.3. The van der Waals surface area contributed by atoms with E-state index in [0.29, 0.717) is 24.4 Å². The van der Waals surface area contributed by atoms with Crippen LogP contribution in [0.25, 0.3) is 0 Å². The summed E-state index contributed by atoms with van der Waals surface area (Å²) in [7, 11) is 0. The van der Waals surface area contributed by atoms with Crippen LogP contribution >= 0.6 is 0 Å². The smallest absolute Gasteiger partial charge is 0.303 e. The van der Waals surface area contributed by atoms with Crippen molar-refractivity contribution in [3.63, 3.8) is 0 Å². The molecule has 2 bridgehead atoms. The maximum atomic E-state index is 10.3. The summed E-state index contributed by atoms with van der Waals surface area (Å²) in [6.07, 6.45) is 9.69. The lowest BCUT2D eigenvalue weighted by Gasteiger charge is -2.25. The zero-order chi connectivity index (χ0) is 13.0. The molecule has 0 aliphatic carbocycles. The van der Waals surface area contributed by atoms with E-state index < -0.39 is 5.97 Å². The summed E-state index contributed by atoms with van der Waals surface area (Å²) in [5, 5.41) is 17.9. The minimum atomic E-state index is -0.731. The Balaban J connectivity index is 1.69. The van der Waals surface area contributed by atoms with Gasteiger partial charge in [-0.15, -0.1) is 0 Å². The van der Waals surface area contributed by atoms with Crippen molar-refractivity contribution in [3.8, 4) is 0 Å². The predicted octanol–water partition coefficient (Wildman–Crippen LogP) is 1.97. The van der Waals surface area contributed by atoms with Crippen molar-refractivity contribution in [2.24, 2.45) is 11.8 Å². The standard InChI is InChI=1S/C14H22O4/c15-9-11-10(12-7-8-13(11)18-12)5-3-1-2-4-6-14(16)17/h1,3,10-13,15H,2,4-9H2,(H,16,17)/b3-1-/t10-,11-,12-,13+/m1/s1. The number of ether oxygens (including phenoxy) is 1. The second-order valence-electron chi connectivity index (χ2n) is 5.29. The summed E-state index contributed by atoms with van der Waals surface area (Å²) in [6, 6.07) is 0. The summed E-state index contributed by atoms with van der Waals surface area (Å²) in [5.41, 5.74) is 0. The van der Waals surface area contributed by atoms with Crippen LogP contribution < -0.4 is 0 Å².